The smallest absolute Gasteiger partial charge is 0.317 e. The van der Waals surface area contributed by atoms with Crippen LogP contribution in [0.2, 0.25) is 0 Å². The molecule has 0 amide bonds. The van der Waals surface area contributed by atoms with Crippen molar-refractivity contribution in [2.75, 3.05) is 18.8 Å². The van der Waals surface area contributed by atoms with Crippen LogP contribution in [-0.4, -0.2) is 35.2 Å². The zero-order chi connectivity index (χ0) is 14.9. The van der Waals surface area contributed by atoms with Gasteiger partial charge in [-0.25, -0.2) is 0 Å². The number of halogens is 5. The Kier molecular flexibility index (Phi) is 8.40. The Bertz CT molecular complexity index is 304. The summed E-state index contributed by atoms with van der Waals surface area (Å²) in [7, 11) is -1.50. The average molecular weight is 307 g/mol. The van der Waals surface area contributed by atoms with Crippen LogP contribution in [0.5, 0.6) is 0 Å². The van der Waals surface area contributed by atoms with Crippen LogP contribution in [-0.2, 0) is 10.8 Å². The van der Waals surface area contributed by atoms with Crippen molar-refractivity contribution in [3.05, 3.63) is 11.5 Å². The molecule has 0 saturated carbocycles. The van der Waals surface area contributed by atoms with E-state index in [1.165, 1.54) is 5.41 Å². The fraction of sp³-hybridized carbons (Fsp3) is 0.818. The highest BCUT2D eigenvalue weighted by Crippen LogP contribution is 2.38. The molecule has 1 unspecified atom stereocenters. The van der Waals surface area contributed by atoms with Crippen LogP contribution in [0, 0.1) is 0 Å². The molecule has 0 heterocycles. The SMILES string of the molecule is CCNCC/C=C/S(=O)CCCC(F)(F)C(F)(F)F. The molecule has 0 radical (unpaired) electrons. The van der Waals surface area contributed by atoms with E-state index >= 15 is 0 Å². The van der Waals surface area contributed by atoms with E-state index in [4.69, 9.17) is 0 Å². The molecular formula is C11H18F5NOS. The Morgan fingerprint density at radius 1 is 1.21 bits per heavy atom. The summed E-state index contributed by atoms with van der Waals surface area (Å²) < 4.78 is 71.8. The molecular weight excluding hydrogens is 289 g/mol. The number of rotatable bonds is 9. The molecule has 0 rings (SSSR count). The first-order chi connectivity index (χ1) is 8.70. The standard InChI is InChI=1S/C11H18F5NOS/c1-2-17-7-3-4-8-19(18)9-5-6-10(12,13)11(14,15)16/h4,8,17H,2-3,5-7,9H2,1H3/b8-4+. The van der Waals surface area contributed by atoms with E-state index in [1.54, 1.807) is 6.08 Å². The molecule has 0 aromatic carbocycles. The third kappa shape index (κ3) is 8.30. The Balaban J connectivity index is 3.86. The van der Waals surface area contributed by atoms with Crippen LogP contribution >= 0.6 is 0 Å². The molecule has 1 N–H and O–H groups in total. The second kappa shape index (κ2) is 8.63. The molecule has 1 atom stereocenters. The van der Waals surface area contributed by atoms with Crippen LogP contribution in [0.3, 0.4) is 0 Å². The lowest BCUT2D eigenvalue weighted by atomic mass is 10.2. The van der Waals surface area contributed by atoms with Gasteiger partial charge in [-0.2, -0.15) is 22.0 Å². The summed E-state index contributed by atoms with van der Waals surface area (Å²) in [6.45, 7) is 3.45. The van der Waals surface area contributed by atoms with Gasteiger partial charge in [0.1, 0.15) is 0 Å². The molecule has 0 aliphatic rings. The summed E-state index contributed by atoms with van der Waals surface area (Å²) in [5.41, 5.74) is 0. The monoisotopic (exact) mass is 307 g/mol. The van der Waals surface area contributed by atoms with Crippen molar-refractivity contribution in [2.45, 2.75) is 38.3 Å². The van der Waals surface area contributed by atoms with Gasteiger partial charge in [0.25, 0.3) is 0 Å². The topological polar surface area (TPSA) is 29.1 Å². The largest absolute Gasteiger partial charge is 0.453 e. The van der Waals surface area contributed by atoms with Gasteiger partial charge in [0.05, 0.1) is 0 Å². The summed E-state index contributed by atoms with van der Waals surface area (Å²) in [4.78, 5) is 0. The van der Waals surface area contributed by atoms with Crippen LogP contribution in [0.15, 0.2) is 11.5 Å². The zero-order valence-corrected chi connectivity index (χ0v) is 11.4. The summed E-state index contributed by atoms with van der Waals surface area (Å²) in [6, 6.07) is 0. The average Bonchev–Trinajstić information content (AvgIpc) is 2.27. The maximum atomic E-state index is 12.5. The lowest BCUT2D eigenvalue weighted by molar-refractivity contribution is -0.284. The van der Waals surface area contributed by atoms with Gasteiger partial charge >= 0.3 is 12.1 Å². The first kappa shape index (κ1) is 18.5. The van der Waals surface area contributed by atoms with Crippen LogP contribution < -0.4 is 5.32 Å². The van der Waals surface area contributed by atoms with Gasteiger partial charge in [-0.3, -0.25) is 4.21 Å². The third-order valence-electron chi connectivity index (χ3n) is 2.24. The fourth-order valence-electron chi connectivity index (χ4n) is 1.18. The molecule has 19 heavy (non-hydrogen) atoms. The summed E-state index contributed by atoms with van der Waals surface area (Å²) >= 11 is 0. The predicted molar refractivity (Wildman–Crippen MR) is 65.5 cm³/mol. The van der Waals surface area contributed by atoms with Crippen molar-refractivity contribution in [2.24, 2.45) is 0 Å². The van der Waals surface area contributed by atoms with Gasteiger partial charge in [-0.05, 0) is 31.3 Å². The normalized spacial score (nSPS) is 15.1. The molecule has 0 aromatic heterocycles. The summed E-state index contributed by atoms with van der Waals surface area (Å²) in [5, 5.41) is 4.36. The van der Waals surface area contributed by atoms with Crippen molar-refractivity contribution in [1.29, 1.82) is 0 Å². The van der Waals surface area contributed by atoms with E-state index in [-0.39, 0.29) is 5.75 Å². The zero-order valence-electron chi connectivity index (χ0n) is 10.6. The van der Waals surface area contributed by atoms with Gasteiger partial charge in [-0.15, -0.1) is 0 Å². The number of alkyl halides is 5. The first-order valence-electron chi connectivity index (χ1n) is 5.90. The van der Waals surface area contributed by atoms with Gasteiger partial charge in [-0.1, -0.05) is 13.0 Å². The van der Waals surface area contributed by atoms with Crippen LogP contribution in [0.1, 0.15) is 26.2 Å². The molecule has 0 bridgehead atoms. The quantitative estimate of drug-likeness (QED) is 0.523. The maximum absolute atomic E-state index is 12.5. The van der Waals surface area contributed by atoms with Crippen molar-refractivity contribution in [3.8, 4) is 0 Å². The van der Waals surface area contributed by atoms with Crippen molar-refractivity contribution >= 4 is 10.8 Å². The lowest BCUT2D eigenvalue weighted by Crippen LogP contribution is -2.36. The minimum atomic E-state index is -5.53. The Hall–Kier alpha value is -0.500. The van der Waals surface area contributed by atoms with Crippen LogP contribution in [0.4, 0.5) is 22.0 Å². The Labute approximate surface area is 111 Å². The molecule has 8 heteroatoms. The second-order valence-electron chi connectivity index (χ2n) is 3.90. The highest BCUT2D eigenvalue weighted by molar-refractivity contribution is 7.87. The summed E-state index contributed by atoms with van der Waals surface area (Å²) in [5.74, 6) is -4.89. The highest BCUT2D eigenvalue weighted by atomic mass is 32.2. The fourth-order valence-corrected chi connectivity index (χ4v) is 2.10. The van der Waals surface area contributed by atoms with E-state index < -0.39 is 35.7 Å². The van der Waals surface area contributed by atoms with Crippen molar-refractivity contribution in [3.63, 3.8) is 0 Å². The third-order valence-corrected chi connectivity index (χ3v) is 3.42. The minimum absolute atomic E-state index is 0.191. The minimum Gasteiger partial charge on any atom is -0.317 e. The van der Waals surface area contributed by atoms with E-state index in [0.717, 1.165) is 6.54 Å². The molecule has 114 valence electrons. The first-order valence-corrected chi connectivity index (χ1v) is 7.28. The Morgan fingerprint density at radius 3 is 2.37 bits per heavy atom. The predicted octanol–water partition coefficient (Wildman–Crippen LogP) is 3.23. The van der Waals surface area contributed by atoms with Crippen molar-refractivity contribution < 1.29 is 26.2 Å². The van der Waals surface area contributed by atoms with Crippen molar-refractivity contribution in [1.82, 2.24) is 5.32 Å². The molecule has 0 fully saturated rings. The van der Waals surface area contributed by atoms with Gasteiger partial charge in [0.15, 0.2) is 0 Å². The van der Waals surface area contributed by atoms with E-state index in [2.05, 4.69) is 5.32 Å². The summed E-state index contributed by atoms with van der Waals surface area (Å²) in [6.07, 6.45) is -5.03. The van der Waals surface area contributed by atoms with E-state index in [9.17, 15) is 26.2 Å². The molecule has 0 saturated heterocycles. The second-order valence-corrected chi connectivity index (χ2v) is 5.35. The van der Waals surface area contributed by atoms with Gasteiger partial charge in [0.2, 0.25) is 0 Å². The Morgan fingerprint density at radius 2 is 1.84 bits per heavy atom. The molecule has 0 spiro atoms. The van der Waals surface area contributed by atoms with E-state index in [1.807, 2.05) is 6.92 Å². The van der Waals surface area contributed by atoms with Gasteiger partial charge < -0.3 is 5.32 Å². The lowest BCUT2D eigenvalue weighted by Gasteiger charge is -2.18. The highest BCUT2D eigenvalue weighted by Gasteiger charge is 2.56. The molecule has 0 aromatic rings. The number of hydrogen-bond donors (Lipinski definition) is 1. The maximum Gasteiger partial charge on any atom is 0.453 e. The molecule has 0 aliphatic carbocycles. The number of hydrogen-bond acceptors (Lipinski definition) is 2. The van der Waals surface area contributed by atoms with Crippen LogP contribution in [0.25, 0.3) is 0 Å². The molecule has 0 aliphatic heterocycles. The molecule has 2 nitrogen and oxygen atoms in total. The number of nitrogens with one attached hydrogen (secondary N) is 1. The van der Waals surface area contributed by atoms with E-state index in [0.29, 0.717) is 13.0 Å². The van der Waals surface area contributed by atoms with Gasteiger partial charge in [0, 0.05) is 23.0 Å².